The largest absolute Gasteiger partial charge is 0.496 e. The van der Waals surface area contributed by atoms with E-state index in [4.69, 9.17) is 14.2 Å². The molecule has 168 valence electrons. The predicted molar refractivity (Wildman–Crippen MR) is 129 cm³/mol. The van der Waals surface area contributed by atoms with Crippen LogP contribution in [0.5, 0.6) is 17.2 Å². The number of aliphatic imine (C=N–C) groups is 1. The van der Waals surface area contributed by atoms with Gasteiger partial charge in [-0.25, -0.2) is 0 Å². The summed E-state index contributed by atoms with van der Waals surface area (Å²) in [6.45, 7) is 1.84. The second-order valence-corrected chi connectivity index (χ2v) is 8.89. The lowest BCUT2D eigenvalue weighted by Gasteiger charge is -2.32. The lowest BCUT2D eigenvalue weighted by Crippen LogP contribution is -2.37. The molecule has 1 saturated heterocycles. The predicted octanol–water partition coefficient (Wildman–Crippen LogP) is 4.64. The Bertz CT molecular complexity index is 1030. The molecule has 2 aliphatic heterocycles. The zero-order valence-corrected chi connectivity index (χ0v) is 19.5. The molecule has 0 unspecified atom stereocenters. The monoisotopic (exact) mass is 452 g/mol. The van der Waals surface area contributed by atoms with Gasteiger partial charge in [0.1, 0.15) is 5.75 Å². The first-order chi connectivity index (χ1) is 15.6. The first kappa shape index (κ1) is 22.3. The average Bonchev–Trinajstić information content (AvgIpc) is 3.20. The van der Waals surface area contributed by atoms with E-state index in [9.17, 15) is 4.79 Å². The van der Waals surface area contributed by atoms with Gasteiger partial charge in [-0.3, -0.25) is 4.79 Å². The van der Waals surface area contributed by atoms with E-state index in [-0.39, 0.29) is 5.91 Å². The molecule has 2 aromatic carbocycles. The summed E-state index contributed by atoms with van der Waals surface area (Å²) in [4.78, 5) is 19.8. The number of amides is 1. The van der Waals surface area contributed by atoms with Crippen molar-refractivity contribution in [3.05, 3.63) is 58.5 Å². The van der Waals surface area contributed by atoms with Gasteiger partial charge in [0.15, 0.2) is 16.7 Å². The number of amidine groups is 1. The number of hydrogen-bond donors (Lipinski definition) is 0. The van der Waals surface area contributed by atoms with Crippen LogP contribution in [-0.4, -0.2) is 50.4 Å². The second-order valence-electron chi connectivity index (χ2n) is 7.88. The van der Waals surface area contributed by atoms with Gasteiger partial charge in [0.05, 0.1) is 26.2 Å². The molecule has 2 heterocycles. The molecule has 1 fully saturated rings. The Morgan fingerprint density at radius 3 is 2.31 bits per heavy atom. The van der Waals surface area contributed by atoms with Crippen LogP contribution in [0.4, 0.5) is 0 Å². The van der Waals surface area contributed by atoms with Crippen LogP contribution in [0.25, 0.3) is 6.08 Å². The number of hydrogen-bond acceptors (Lipinski definition) is 6. The van der Waals surface area contributed by atoms with Gasteiger partial charge >= 0.3 is 0 Å². The molecule has 7 heteroatoms. The van der Waals surface area contributed by atoms with Crippen molar-refractivity contribution in [1.82, 2.24) is 4.90 Å². The molecule has 2 aromatic rings. The summed E-state index contributed by atoms with van der Waals surface area (Å²) in [5.74, 6) is 2.22. The Kier molecular flexibility index (Phi) is 7.05. The van der Waals surface area contributed by atoms with Gasteiger partial charge in [0, 0.05) is 24.7 Å². The number of benzene rings is 2. The van der Waals surface area contributed by atoms with E-state index in [0.717, 1.165) is 43.1 Å². The standard InChI is InChI=1S/C25H28N2O4S/c1-29-20-16-22(31-3)21(30-2)14-19(20)15-23-24(28)26-25(32-23)27-11-9-18(10-12-27)13-17-7-5-4-6-8-17/h4-8,14-16,18H,9-13H2,1-3H3. The van der Waals surface area contributed by atoms with Crippen molar-refractivity contribution < 1.29 is 19.0 Å². The third-order valence-electron chi connectivity index (χ3n) is 5.88. The Morgan fingerprint density at radius 2 is 1.66 bits per heavy atom. The summed E-state index contributed by atoms with van der Waals surface area (Å²) in [5, 5.41) is 0.791. The third kappa shape index (κ3) is 4.93. The van der Waals surface area contributed by atoms with E-state index in [0.29, 0.717) is 28.1 Å². The van der Waals surface area contributed by atoms with E-state index in [1.54, 1.807) is 27.4 Å². The van der Waals surface area contributed by atoms with Crippen molar-refractivity contribution >= 4 is 28.9 Å². The molecule has 0 spiro atoms. The van der Waals surface area contributed by atoms with E-state index in [1.807, 2.05) is 12.1 Å². The van der Waals surface area contributed by atoms with E-state index < -0.39 is 0 Å². The highest BCUT2D eigenvalue weighted by Gasteiger charge is 2.29. The number of ether oxygens (including phenoxy) is 3. The number of methoxy groups -OCH3 is 3. The lowest BCUT2D eigenvalue weighted by molar-refractivity contribution is -0.113. The minimum absolute atomic E-state index is 0.215. The molecule has 0 atom stereocenters. The number of rotatable bonds is 6. The lowest BCUT2D eigenvalue weighted by atomic mass is 9.90. The van der Waals surface area contributed by atoms with Crippen molar-refractivity contribution in [3.63, 3.8) is 0 Å². The Balaban J connectivity index is 1.42. The number of nitrogens with zero attached hydrogens (tertiary/aromatic N) is 2. The van der Waals surface area contributed by atoms with Gasteiger partial charge in [-0.2, -0.15) is 4.99 Å². The van der Waals surface area contributed by atoms with E-state index in [1.165, 1.54) is 17.3 Å². The van der Waals surface area contributed by atoms with Gasteiger partial charge in [-0.15, -0.1) is 0 Å². The zero-order chi connectivity index (χ0) is 22.5. The zero-order valence-electron chi connectivity index (χ0n) is 18.7. The quantitative estimate of drug-likeness (QED) is 0.595. The molecular weight excluding hydrogens is 424 g/mol. The number of thioether (sulfide) groups is 1. The maximum absolute atomic E-state index is 12.6. The summed E-state index contributed by atoms with van der Waals surface area (Å²) in [6.07, 6.45) is 5.13. The van der Waals surface area contributed by atoms with Crippen LogP contribution in [0.2, 0.25) is 0 Å². The van der Waals surface area contributed by atoms with Crippen LogP contribution in [-0.2, 0) is 11.2 Å². The smallest absolute Gasteiger partial charge is 0.286 e. The second kappa shape index (κ2) is 10.1. The van der Waals surface area contributed by atoms with Crippen molar-refractivity contribution in [2.75, 3.05) is 34.4 Å². The summed E-state index contributed by atoms with van der Waals surface area (Å²) in [6, 6.07) is 14.2. The molecule has 0 bridgehead atoms. The van der Waals surface area contributed by atoms with Crippen molar-refractivity contribution in [2.45, 2.75) is 19.3 Å². The van der Waals surface area contributed by atoms with E-state index >= 15 is 0 Å². The molecule has 32 heavy (non-hydrogen) atoms. The van der Waals surface area contributed by atoms with Crippen molar-refractivity contribution in [2.24, 2.45) is 10.9 Å². The number of carbonyl (C=O) groups excluding carboxylic acids is 1. The highest BCUT2D eigenvalue weighted by Crippen LogP contribution is 2.38. The van der Waals surface area contributed by atoms with E-state index in [2.05, 4.69) is 40.2 Å². The average molecular weight is 453 g/mol. The molecule has 0 saturated carbocycles. The summed E-state index contributed by atoms with van der Waals surface area (Å²) in [5.41, 5.74) is 2.14. The first-order valence-corrected chi connectivity index (χ1v) is 11.5. The molecule has 6 nitrogen and oxygen atoms in total. The first-order valence-electron chi connectivity index (χ1n) is 10.7. The number of piperidine rings is 1. The Labute approximate surface area is 193 Å². The summed E-state index contributed by atoms with van der Waals surface area (Å²) < 4.78 is 16.2. The summed E-state index contributed by atoms with van der Waals surface area (Å²) in [7, 11) is 4.75. The molecule has 0 radical (unpaired) electrons. The molecular formula is C25H28N2O4S. The highest BCUT2D eigenvalue weighted by molar-refractivity contribution is 8.18. The van der Waals surface area contributed by atoms with Gasteiger partial charge < -0.3 is 19.1 Å². The Hall–Kier alpha value is -2.93. The fraction of sp³-hybridized carbons (Fsp3) is 0.360. The minimum Gasteiger partial charge on any atom is -0.496 e. The third-order valence-corrected chi connectivity index (χ3v) is 6.93. The van der Waals surface area contributed by atoms with Crippen molar-refractivity contribution in [1.29, 1.82) is 0 Å². The molecule has 1 amide bonds. The van der Waals surface area contributed by atoms with Gasteiger partial charge in [-0.1, -0.05) is 30.3 Å². The maximum atomic E-state index is 12.6. The molecule has 0 aliphatic carbocycles. The maximum Gasteiger partial charge on any atom is 0.286 e. The van der Waals surface area contributed by atoms with Gasteiger partial charge in [0.25, 0.3) is 5.91 Å². The molecule has 0 aromatic heterocycles. The van der Waals surface area contributed by atoms with Crippen LogP contribution in [0.15, 0.2) is 52.4 Å². The SMILES string of the molecule is COc1cc(OC)c(OC)cc1C=C1SC(N2CCC(Cc3ccccc3)CC2)=NC1=O. The fourth-order valence-corrected chi connectivity index (χ4v) is 5.07. The number of carbonyl (C=O) groups is 1. The Morgan fingerprint density at radius 1 is 1.00 bits per heavy atom. The van der Waals surface area contributed by atoms with Crippen LogP contribution >= 0.6 is 11.8 Å². The van der Waals surface area contributed by atoms with Crippen molar-refractivity contribution in [3.8, 4) is 17.2 Å². The summed E-state index contributed by atoms with van der Waals surface area (Å²) >= 11 is 1.43. The topological polar surface area (TPSA) is 60.4 Å². The van der Waals surface area contributed by atoms with Crippen LogP contribution in [0.1, 0.15) is 24.0 Å². The van der Waals surface area contributed by atoms with Crippen LogP contribution in [0, 0.1) is 5.92 Å². The minimum atomic E-state index is -0.215. The van der Waals surface area contributed by atoms with Crippen LogP contribution < -0.4 is 14.2 Å². The molecule has 0 N–H and O–H groups in total. The molecule has 2 aliphatic rings. The van der Waals surface area contributed by atoms with Gasteiger partial charge in [-0.05, 0) is 54.6 Å². The normalized spacial score (nSPS) is 18.1. The van der Waals surface area contributed by atoms with Crippen LogP contribution in [0.3, 0.4) is 0 Å². The molecule has 4 rings (SSSR count). The van der Waals surface area contributed by atoms with Gasteiger partial charge in [0.2, 0.25) is 0 Å². The highest BCUT2D eigenvalue weighted by atomic mass is 32.2. The number of likely N-dealkylation sites (tertiary alicyclic amines) is 1. The fourth-order valence-electron chi connectivity index (χ4n) is 4.12.